The van der Waals surface area contributed by atoms with Gasteiger partial charge in [0.15, 0.2) is 0 Å². The summed E-state index contributed by atoms with van der Waals surface area (Å²) in [7, 11) is 0. The van der Waals surface area contributed by atoms with Crippen LogP contribution in [0.3, 0.4) is 0 Å². The molecule has 1 aromatic heterocycles. The number of benzene rings is 1. The average molecular weight is 293 g/mol. The first kappa shape index (κ1) is 11.1. The Bertz CT molecular complexity index is 492. The summed E-state index contributed by atoms with van der Waals surface area (Å²) >= 11 is 2.98. The molecule has 1 aromatic carbocycles. The Labute approximate surface area is 96.4 Å². The summed E-state index contributed by atoms with van der Waals surface area (Å²) in [5.41, 5.74) is -0.277. The van der Waals surface area contributed by atoms with Crippen molar-refractivity contribution in [1.82, 2.24) is 10.1 Å². The smallest absolute Gasteiger partial charge is 0.333 e. The fraction of sp³-hybridized carbons (Fsp3) is 0.111. The first-order chi connectivity index (χ1) is 7.47. The fourth-order valence-corrected chi connectivity index (χ4v) is 1.36. The highest BCUT2D eigenvalue weighted by Gasteiger charge is 2.30. The van der Waals surface area contributed by atoms with E-state index in [0.29, 0.717) is 5.56 Å². The van der Waals surface area contributed by atoms with Crippen LogP contribution in [0.2, 0.25) is 0 Å². The first-order valence-corrected chi connectivity index (χ1v) is 4.93. The molecule has 0 spiro atoms. The quantitative estimate of drug-likeness (QED) is 0.807. The molecule has 0 saturated heterocycles. The SMILES string of the molecule is FC(F)(F)c1ccc(-c2nc(Br)no2)cc1. The highest BCUT2D eigenvalue weighted by molar-refractivity contribution is 9.10. The van der Waals surface area contributed by atoms with Gasteiger partial charge in [0, 0.05) is 5.56 Å². The minimum absolute atomic E-state index is 0.167. The van der Waals surface area contributed by atoms with Gasteiger partial charge in [-0.15, -0.1) is 0 Å². The summed E-state index contributed by atoms with van der Waals surface area (Å²) in [6, 6.07) is 4.49. The Morgan fingerprint density at radius 2 is 1.75 bits per heavy atom. The molecule has 3 nitrogen and oxygen atoms in total. The number of nitrogens with zero attached hydrogens (tertiary/aromatic N) is 2. The molecule has 0 amide bonds. The fourth-order valence-electron chi connectivity index (χ4n) is 1.12. The summed E-state index contributed by atoms with van der Waals surface area (Å²) in [5.74, 6) is 0.167. The first-order valence-electron chi connectivity index (χ1n) is 4.13. The van der Waals surface area contributed by atoms with E-state index in [-0.39, 0.29) is 10.6 Å². The van der Waals surface area contributed by atoms with Crippen LogP contribution in [0.15, 0.2) is 33.5 Å². The van der Waals surface area contributed by atoms with Crippen molar-refractivity contribution in [2.24, 2.45) is 0 Å². The van der Waals surface area contributed by atoms with Crippen LogP contribution in [0.5, 0.6) is 0 Å². The molecule has 16 heavy (non-hydrogen) atoms. The maximum absolute atomic E-state index is 12.3. The van der Waals surface area contributed by atoms with Crippen LogP contribution < -0.4 is 0 Å². The van der Waals surface area contributed by atoms with Crippen molar-refractivity contribution in [3.05, 3.63) is 34.6 Å². The van der Waals surface area contributed by atoms with Gasteiger partial charge in [0.25, 0.3) is 5.89 Å². The molecule has 0 atom stereocenters. The third-order valence-electron chi connectivity index (χ3n) is 1.86. The number of hydrogen-bond acceptors (Lipinski definition) is 3. The molecule has 0 aliphatic rings. The van der Waals surface area contributed by atoms with Gasteiger partial charge in [-0.1, -0.05) is 0 Å². The zero-order valence-electron chi connectivity index (χ0n) is 7.62. The molecule has 0 unspecified atom stereocenters. The van der Waals surface area contributed by atoms with E-state index >= 15 is 0 Å². The second kappa shape index (κ2) is 3.89. The van der Waals surface area contributed by atoms with Crippen molar-refractivity contribution in [3.8, 4) is 11.5 Å². The van der Waals surface area contributed by atoms with Gasteiger partial charge in [-0.05, 0) is 45.4 Å². The summed E-state index contributed by atoms with van der Waals surface area (Å²) in [4.78, 5) is 3.83. The normalized spacial score (nSPS) is 11.8. The van der Waals surface area contributed by atoms with Crippen molar-refractivity contribution >= 4 is 15.9 Å². The van der Waals surface area contributed by atoms with Gasteiger partial charge >= 0.3 is 6.18 Å². The molecule has 0 N–H and O–H groups in total. The highest BCUT2D eigenvalue weighted by Crippen LogP contribution is 2.30. The standard InChI is InChI=1S/C9H4BrF3N2O/c10-8-14-7(16-15-8)5-1-3-6(4-2-5)9(11,12)13/h1-4H. The van der Waals surface area contributed by atoms with Gasteiger partial charge in [-0.2, -0.15) is 18.2 Å². The van der Waals surface area contributed by atoms with E-state index in [0.717, 1.165) is 12.1 Å². The number of alkyl halides is 3. The van der Waals surface area contributed by atoms with Crippen LogP contribution in [0, 0.1) is 0 Å². The second-order valence-electron chi connectivity index (χ2n) is 2.94. The average Bonchev–Trinajstić information content (AvgIpc) is 2.64. The summed E-state index contributed by atoms with van der Waals surface area (Å²) in [6.07, 6.45) is -4.34. The number of aromatic nitrogens is 2. The minimum atomic E-state index is -4.34. The maximum Gasteiger partial charge on any atom is 0.416 e. The van der Waals surface area contributed by atoms with Crippen LogP contribution in [0.4, 0.5) is 13.2 Å². The molecule has 0 fully saturated rings. The molecule has 0 bridgehead atoms. The van der Waals surface area contributed by atoms with E-state index in [1.165, 1.54) is 12.1 Å². The van der Waals surface area contributed by atoms with Crippen LogP contribution in [-0.4, -0.2) is 10.1 Å². The largest absolute Gasteiger partial charge is 0.416 e. The third kappa shape index (κ3) is 2.24. The Kier molecular flexibility index (Phi) is 2.71. The lowest BCUT2D eigenvalue weighted by Crippen LogP contribution is -2.03. The van der Waals surface area contributed by atoms with Crippen LogP contribution in [-0.2, 0) is 6.18 Å². The molecular formula is C9H4BrF3N2O. The Morgan fingerprint density at radius 3 is 2.19 bits per heavy atom. The Morgan fingerprint density at radius 1 is 1.12 bits per heavy atom. The van der Waals surface area contributed by atoms with Gasteiger partial charge in [-0.25, -0.2) is 0 Å². The molecule has 2 aromatic rings. The lowest BCUT2D eigenvalue weighted by atomic mass is 10.1. The second-order valence-corrected chi connectivity index (χ2v) is 3.65. The zero-order chi connectivity index (χ0) is 11.8. The minimum Gasteiger partial charge on any atom is -0.333 e. The van der Waals surface area contributed by atoms with Crippen LogP contribution >= 0.6 is 15.9 Å². The molecule has 84 valence electrons. The molecular weight excluding hydrogens is 289 g/mol. The van der Waals surface area contributed by atoms with Crippen LogP contribution in [0.25, 0.3) is 11.5 Å². The summed E-state index contributed by atoms with van der Waals surface area (Å²) in [5, 5.41) is 3.47. The number of rotatable bonds is 1. The van der Waals surface area contributed by atoms with E-state index in [1.807, 2.05) is 0 Å². The molecule has 7 heteroatoms. The van der Waals surface area contributed by atoms with Gasteiger partial charge in [0.2, 0.25) is 4.73 Å². The predicted molar refractivity (Wildman–Crippen MR) is 52.4 cm³/mol. The van der Waals surface area contributed by atoms with Gasteiger partial charge in [-0.3, -0.25) is 0 Å². The van der Waals surface area contributed by atoms with Crippen LogP contribution in [0.1, 0.15) is 5.56 Å². The molecule has 1 heterocycles. The molecule has 0 aliphatic carbocycles. The van der Waals surface area contributed by atoms with E-state index in [2.05, 4.69) is 26.1 Å². The molecule has 2 rings (SSSR count). The lowest BCUT2D eigenvalue weighted by molar-refractivity contribution is -0.137. The summed E-state index contributed by atoms with van der Waals surface area (Å²) < 4.78 is 41.8. The lowest BCUT2D eigenvalue weighted by Gasteiger charge is -2.05. The van der Waals surface area contributed by atoms with Gasteiger partial charge in [0.1, 0.15) is 0 Å². The third-order valence-corrected chi connectivity index (χ3v) is 2.18. The Balaban J connectivity index is 2.33. The molecule has 0 aliphatic heterocycles. The van der Waals surface area contributed by atoms with E-state index in [4.69, 9.17) is 4.52 Å². The van der Waals surface area contributed by atoms with Gasteiger partial charge in [0.05, 0.1) is 5.56 Å². The molecule has 0 saturated carbocycles. The monoisotopic (exact) mass is 292 g/mol. The zero-order valence-corrected chi connectivity index (χ0v) is 9.21. The van der Waals surface area contributed by atoms with Crippen molar-refractivity contribution < 1.29 is 17.7 Å². The predicted octanol–water partition coefficient (Wildman–Crippen LogP) is 3.52. The maximum atomic E-state index is 12.3. The highest BCUT2D eigenvalue weighted by atomic mass is 79.9. The van der Waals surface area contributed by atoms with Gasteiger partial charge < -0.3 is 4.52 Å². The van der Waals surface area contributed by atoms with E-state index in [1.54, 1.807) is 0 Å². The number of hydrogen-bond donors (Lipinski definition) is 0. The topological polar surface area (TPSA) is 38.9 Å². The van der Waals surface area contributed by atoms with Crippen molar-refractivity contribution in [2.75, 3.05) is 0 Å². The van der Waals surface area contributed by atoms with Crippen molar-refractivity contribution in [1.29, 1.82) is 0 Å². The summed E-state index contributed by atoms with van der Waals surface area (Å²) in [6.45, 7) is 0. The van der Waals surface area contributed by atoms with E-state index in [9.17, 15) is 13.2 Å². The van der Waals surface area contributed by atoms with E-state index < -0.39 is 11.7 Å². The van der Waals surface area contributed by atoms with Crippen molar-refractivity contribution in [2.45, 2.75) is 6.18 Å². The molecule has 0 radical (unpaired) electrons. The van der Waals surface area contributed by atoms with Crippen molar-refractivity contribution in [3.63, 3.8) is 0 Å². The number of halogens is 4. The Hall–Kier alpha value is -1.37.